The fraction of sp³-hybridized carbons (Fsp3) is 0.941. The normalized spacial score (nSPS) is 22.3. The van der Waals surface area contributed by atoms with E-state index in [2.05, 4.69) is 6.92 Å². The lowest BCUT2D eigenvalue weighted by atomic mass is 9.90. The summed E-state index contributed by atoms with van der Waals surface area (Å²) < 4.78 is 5.81. The van der Waals surface area contributed by atoms with Crippen LogP contribution in [0.25, 0.3) is 0 Å². The molecule has 1 fully saturated rings. The quantitative estimate of drug-likeness (QED) is 0.639. The van der Waals surface area contributed by atoms with Crippen molar-refractivity contribution in [3.63, 3.8) is 0 Å². The van der Waals surface area contributed by atoms with Crippen LogP contribution in [-0.4, -0.2) is 11.6 Å². The van der Waals surface area contributed by atoms with E-state index in [0.717, 1.165) is 12.8 Å². The second-order valence-electron chi connectivity index (χ2n) is 6.71. The van der Waals surface area contributed by atoms with Gasteiger partial charge in [0, 0.05) is 0 Å². The highest BCUT2D eigenvalue weighted by Gasteiger charge is 2.28. The molecule has 1 aliphatic carbocycles. The molecule has 0 bridgehead atoms. The molecule has 0 aromatic rings. The van der Waals surface area contributed by atoms with E-state index in [4.69, 9.17) is 4.74 Å². The van der Waals surface area contributed by atoms with Gasteiger partial charge in [0.25, 0.3) is 0 Å². The number of esters is 1. The van der Waals surface area contributed by atoms with E-state index in [-0.39, 0.29) is 17.5 Å². The molecule has 0 aromatic carbocycles. The van der Waals surface area contributed by atoms with Gasteiger partial charge in [-0.25, -0.2) is 0 Å². The molecule has 0 atom stereocenters. The van der Waals surface area contributed by atoms with Gasteiger partial charge >= 0.3 is 5.97 Å². The summed E-state index contributed by atoms with van der Waals surface area (Å²) in [6.07, 6.45) is 13.9. The van der Waals surface area contributed by atoms with Gasteiger partial charge in [0.05, 0.1) is 5.92 Å². The number of hydrogen-bond donors (Lipinski definition) is 0. The minimum Gasteiger partial charge on any atom is -0.459 e. The van der Waals surface area contributed by atoms with Crippen LogP contribution in [0, 0.1) is 5.92 Å². The maximum atomic E-state index is 11.9. The molecule has 0 amide bonds. The van der Waals surface area contributed by atoms with Crippen LogP contribution in [0.15, 0.2) is 0 Å². The first kappa shape index (κ1) is 16.5. The second-order valence-corrected chi connectivity index (χ2v) is 6.71. The van der Waals surface area contributed by atoms with Gasteiger partial charge in [-0.1, -0.05) is 58.8 Å². The summed E-state index contributed by atoms with van der Waals surface area (Å²) >= 11 is 0. The summed E-state index contributed by atoms with van der Waals surface area (Å²) in [5, 5.41) is 0. The Bertz CT molecular complexity index is 246. The molecular formula is C17H32O2. The zero-order valence-electron chi connectivity index (χ0n) is 13.2. The molecule has 0 N–H and O–H groups in total. The van der Waals surface area contributed by atoms with E-state index in [0.29, 0.717) is 0 Å². The van der Waals surface area contributed by atoms with Gasteiger partial charge in [0.15, 0.2) is 0 Å². The molecule has 0 radical (unpaired) electrons. The maximum absolute atomic E-state index is 11.9. The van der Waals surface area contributed by atoms with E-state index in [9.17, 15) is 4.79 Å². The Hall–Kier alpha value is -0.530. The molecule has 2 nitrogen and oxygen atoms in total. The van der Waals surface area contributed by atoms with Gasteiger partial charge in [-0.3, -0.25) is 4.79 Å². The molecule has 112 valence electrons. The molecule has 1 aliphatic rings. The molecule has 0 aliphatic heterocycles. The number of hydrogen-bond acceptors (Lipinski definition) is 2. The van der Waals surface area contributed by atoms with Crippen molar-refractivity contribution in [1.29, 1.82) is 0 Å². The standard InChI is InChI=1S/C17H32O2/c1-15(2)16(18)19-17(3)13-11-9-7-5-4-6-8-10-12-14-17/h15H,4-14H2,1-3H3. The van der Waals surface area contributed by atoms with Crippen molar-refractivity contribution in [2.24, 2.45) is 5.92 Å². The van der Waals surface area contributed by atoms with E-state index in [1.807, 2.05) is 13.8 Å². The first-order chi connectivity index (χ1) is 9.03. The predicted molar refractivity (Wildman–Crippen MR) is 80.1 cm³/mol. The molecule has 1 rings (SSSR count). The van der Waals surface area contributed by atoms with Crippen LogP contribution in [0.1, 0.15) is 91.4 Å². The number of carbonyl (C=O) groups excluding carboxylic acids is 1. The van der Waals surface area contributed by atoms with Crippen molar-refractivity contribution in [2.45, 2.75) is 97.0 Å². The molecule has 0 saturated heterocycles. The Morgan fingerprint density at radius 2 is 1.21 bits per heavy atom. The van der Waals surface area contributed by atoms with Gasteiger partial charge < -0.3 is 4.74 Å². The van der Waals surface area contributed by atoms with Gasteiger partial charge in [0.2, 0.25) is 0 Å². The van der Waals surface area contributed by atoms with E-state index in [1.165, 1.54) is 57.8 Å². The highest BCUT2D eigenvalue weighted by atomic mass is 16.6. The third-order valence-corrected chi connectivity index (χ3v) is 4.23. The monoisotopic (exact) mass is 268 g/mol. The van der Waals surface area contributed by atoms with E-state index < -0.39 is 0 Å². The Morgan fingerprint density at radius 1 is 0.842 bits per heavy atom. The summed E-state index contributed by atoms with van der Waals surface area (Å²) in [6, 6.07) is 0. The van der Waals surface area contributed by atoms with Crippen LogP contribution in [0.2, 0.25) is 0 Å². The highest BCUT2D eigenvalue weighted by Crippen LogP contribution is 2.28. The van der Waals surface area contributed by atoms with Crippen LogP contribution in [0.3, 0.4) is 0 Å². The first-order valence-electron chi connectivity index (χ1n) is 8.26. The van der Waals surface area contributed by atoms with Crippen LogP contribution in [-0.2, 0) is 9.53 Å². The van der Waals surface area contributed by atoms with Crippen LogP contribution in [0.5, 0.6) is 0 Å². The fourth-order valence-corrected chi connectivity index (χ4v) is 2.82. The third kappa shape index (κ3) is 6.98. The van der Waals surface area contributed by atoms with Gasteiger partial charge in [0.1, 0.15) is 5.60 Å². The van der Waals surface area contributed by atoms with Crippen molar-refractivity contribution in [2.75, 3.05) is 0 Å². The Balaban J connectivity index is 2.51. The molecule has 19 heavy (non-hydrogen) atoms. The van der Waals surface area contributed by atoms with E-state index in [1.54, 1.807) is 0 Å². The number of ether oxygens (including phenoxy) is 1. The summed E-state index contributed by atoms with van der Waals surface area (Å²) in [6.45, 7) is 5.97. The van der Waals surface area contributed by atoms with Gasteiger partial charge in [-0.2, -0.15) is 0 Å². The average Bonchev–Trinajstić information content (AvgIpc) is 2.34. The SMILES string of the molecule is CC(C)C(=O)OC1(C)CCCCCCCCCCC1. The van der Waals surface area contributed by atoms with Crippen LogP contribution in [0.4, 0.5) is 0 Å². The second kappa shape index (κ2) is 8.60. The zero-order valence-corrected chi connectivity index (χ0v) is 13.2. The lowest BCUT2D eigenvalue weighted by Crippen LogP contribution is -2.33. The Labute approximate surface area is 119 Å². The van der Waals surface area contributed by atoms with Crippen LogP contribution < -0.4 is 0 Å². The van der Waals surface area contributed by atoms with E-state index >= 15 is 0 Å². The first-order valence-corrected chi connectivity index (χ1v) is 8.26. The number of rotatable bonds is 2. The summed E-state index contributed by atoms with van der Waals surface area (Å²) in [5.41, 5.74) is -0.222. The van der Waals surface area contributed by atoms with Crippen LogP contribution >= 0.6 is 0 Å². The molecule has 0 aromatic heterocycles. The summed E-state index contributed by atoms with van der Waals surface area (Å²) in [4.78, 5) is 11.9. The molecule has 0 unspecified atom stereocenters. The average molecular weight is 268 g/mol. The third-order valence-electron chi connectivity index (χ3n) is 4.23. The van der Waals surface area contributed by atoms with Crippen molar-refractivity contribution in [1.82, 2.24) is 0 Å². The Morgan fingerprint density at radius 3 is 1.58 bits per heavy atom. The Kier molecular flexibility index (Phi) is 7.48. The number of carbonyl (C=O) groups is 1. The molecular weight excluding hydrogens is 236 g/mol. The largest absolute Gasteiger partial charge is 0.459 e. The lowest BCUT2D eigenvalue weighted by Gasteiger charge is -2.31. The highest BCUT2D eigenvalue weighted by molar-refractivity contribution is 5.72. The van der Waals surface area contributed by atoms with Crippen molar-refractivity contribution < 1.29 is 9.53 Å². The maximum Gasteiger partial charge on any atom is 0.308 e. The molecule has 0 spiro atoms. The fourth-order valence-electron chi connectivity index (χ4n) is 2.82. The minimum atomic E-state index is -0.222. The minimum absolute atomic E-state index is 0.0155. The lowest BCUT2D eigenvalue weighted by molar-refractivity contribution is -0.163. The smallest absolute Gasteiger partial charge is 0.308 e. The topological polar surface area (TPSA) is 26.3 Å². The van der Waals surface area contributed by atoms with Crippen molar-refractivity contribution >= 4 is 5.97 Å². The predicted octanol–water partition coefficient (Wildman–Crippen LogP) is 5.25. The summed E-state index contributed by atoms with van der Waals surface area (Å²) in [5.74, 6) is -0.0483. The zero-order chi connectivity index (χ0) is 14.1. The van der Waals surface area contributed by atoms with Crippen molar-refractivity contribution in [3.05, 3.63) is 0 Å². The molecule has 1 saturated carbocycles. The van der Waals surface area contributed by atoms with Gasteiger partial charge in [-0.05, 0) is 32.6 Å². The summed E-state index contributed by atoms with van der Waals surface area (Å²) in [7, 11) is 0. The van der Waals surface area contributed by atoms with Crippen molar-refractivity contribution in [3.8, 4) is 0 Å². The van der Waals surface area contributed by atoms with Gasteiger partial charge in [-0.15, -0.1) is 0 Å². The molecule has 2 heteroatoms. The molecule has 0 heterocycles.